The third kappa shape index (κ3) is 3.26. The number of furan rings is 1. The van der Waals surface area contributed by atoms with Gasteiger partial charge in [-0.05, 0) is 49.7 Å². The Kier molecular flexibility index (Phi) is 4.14. The molecule has 1 aliphatic heterocycles. The van der Waals surface area contributed by atoms with E-state index in [4.69, 9.17) is 4.42 Å². The quantitative estimate of drug-likeness (QED) is 0.881. The van der Waals surface area contributed by atoms with Crippen LogP contribution in [0.15, 0.2) is 40.8 Å². The molecule has 5 nitrogen and oxygen atoms in total. The lowest BCUT2D eigenvalue weighted by Gasteiger charge is -2.16. The van der Waals surface area contributed by atoms with Crippen LogP contribution in [-0.4, -0.2) is 18.4 Å². The fraction of sp³-hybridized carbons (Fsp3) is 0.294. The Labute approximate surface area is 133 Å². The summed E-state index contributed by atoms with van der Waals surface area (Å²) in [7, 11) is 0. The topological polar surface area (TPSA) is 62.6 Å². The monoisotopic (exact) mass is 316 g/mol. The number of nitrogens with zero attached hydrogens (tertiary/aromatic N) is 1. The van der Waals surface area contributed by atoms with Crippen molar-refractivity contribution in [2.45, 2.75) is 19.9 Å². The van der Waals surface area contributed by atoms with Crippen molar-refractivity contribution in [1.82, 2.24) is 5.32 Å². The molecule has 2 aromatic rings. The lowest BCUT2D eigenvalue weighted by Crippen LogP contribution is -2.36. The molecule has 1 aromatic heterocycles. The number of anilines is 1. The van der Waals surface area contributed by atoms with E-state index in [0.717, 1.165) is 5.76 Å². The van der Waals surface area contributed by atoms with E-state index in [0.29, 0.717) is 24.4 Å². The number of carbonyl (C=O) groups excluding carboxylic acids is 2. The molecule has 1 aromatic carbocycles. The van der Waals surface area contributed by atoms with E-state index in [-0.39, 0.29) is 24.2 Å². The van der Waals surface area contributed by atoms with Crippen molar-refractivity contribution in [1.29, 1.82) is 0 Å². The van der Waals surface area contributed by atoms with Crippen LogP contribution in [0.2, 0.25) is 0 Å². The first-order valence-corrected chi connectivity index (χ1v) is 7.44. The van der Waals surface area contributed by atoms with Gasteiger partial charge in [0.25, 0.3) is 0 Å². The molecule has 2 heterocycles. The molecule has 1 fully saturated rings. The number of nitrogens with one attached hydrogen (secondary N) is 1. The number of hydrogen-bond donors (Lipinski definition) is 1. The fourth-order valence-corrected chi connectivity index (χ4v) is 2.68. The lowest BCUT2D eigenvalue weighted by molar-refractivity contribution is -0.132. The van der Waals surface area contributed by atoms with Crippen molar-refractivity contribution < 1.29 is 18.4 Å². The smallest absolute Gasteiger partial charge is 0.239 e. The number of amides is 2. The maximum Gasteiger partial charge on any atom is 0.239 e. The number of carbonyl (C=O) groups is 2. The highest BCUT2D eigenvalue weighted by Crippen LogP contribution is 2.25. The largest absolute Gasteiger partial charge is 0.465 e. The molecule has 1 saturated heterocycles. The average molecular weight is 316 g/mol. The Morgan fingerprint density at radius 1 is 1.30 bits per heavy atom. The Balaban J connectivity index is 1.61. The molecule has 3 rings (SSSR count). The fourth-order valence-electron chi connectivity index (χ4n) is 2.68. The van der Waals surface area contributed by atoms with Gasteiger partial charge >= 0.3 is 0 Å². The summed E-state index contributed by atoms with van der Waals surface area (Å²) < 4.78 is 18.3. The highest BCUT2D eigenvalue weighted by atomic mass is 19.1. The second-order valence-corrected chi connectivity index (χ2v) is 5.54. The van der Waals surface area contributed by atoms with Gasteiger partial charge in [-0.1, -0.05) is 0 Å². The molecule has 120 valence electrons. The zero-order valence-electron chi connectivity index (χ0n) is 12.7. The normalized spacial score (nSPS) is 17.6. The van der Waals surface area contributed by atoms with Crippen LogP contribution in [0.25, 0.3) is 0 Å². The van der Waals surface area contributed by atoms with E-state index in [2.05, 4.69) is 5.32 Å². The second-order valence-electron chi connectivity index (χ2n) is 5.54. The van der Waals surface area contributed by atoms with E-state index >= 15 is 0 Å². The van der Waals surface area contributed by atoms with Crippen LogP contribution in [0.3, 0.4) is 0 Å². The Morgan fingerprint density at radius 3 is 2.70 bits per heavy atom. The maximum absolute atomic E-state index is 13.0. The van der Waals surface area contributed by atoms with Crippen molar-refractivity contribution in [3.8, 4) is 0 Å². The highest BCUT2D eigenvalue weighted by Gasteiger charge is 2.37. The summed E-state index contributed by atoms with van der Waals surface area (Å²) >= 11 is 0. The predicted molar refractivity (Wildman–Crippen MR) is 82.2 cm³/mol. The van der Waals surface area contributed by atoms with Gasteiger partial charge in [0.15, 0.2) is 0 Å². The van der Waals surface area contributed by atoms with Crippen LogP contribution in [0, 0.1) is 18.7 Å². The van der Waals surface area contributed by atoms with E-state index < -0.39 is 5.92 Å². The van der Waals surface area contributed by atoms with E-state index in [9.17, 15) is 14.0 Å². The number of halogens is 1. The Hall–Kier alpha value is -2.63. The highest BCUT2D eigenvalue weighted by molar-refractivity contribution is 6.09. The molecule has 0 saturated carbocycles. The van der Waals surface area contributed by atoms with Crippen molar-refractivity contribution in [3.05, 3.63) is 53.7 Å². The zero-order chi connectivity index (χ0) is 16.4. The molecule has 23 heavy (non-hydrogen) atoms. The minimum Gasteiger partial charge on any atom is -0.465 e. The second kappa shape index (κ2) is 6.24. The van der Waals surface area contributed by atoms with Crippen molar-refractivity contribution >= 4 is 17.5 Å². The number of aryl methyl sites for hydroxylation is 1. The lowest BCUT2D eigenvalue weighted by atomic mass is 10.1. The van der Waals surface area contributed by atoms with Gasteiger partial charge in [-0.3, -0.25) is 9.59 Å². The first-order valence-electron chi connectivity index (χ1n) is 7.44. The molecule has 1 atom stereocenters. The molecule has 0 bridgehead atoms. The number of hydrogen-bond acceptors (Lipinski definition) is 3. The molecule has 0 spiro atoms. The summed E-state index contributed by atoms with van der Waals surface area (Å²) in [4.78, 5) is 26.1. The van der Waals surface area contributed by atoms with E-state index in [1.54, 1.807) is 18.2 Å². The van der Waals surface area contributed by atoms with Crippen molar-refractivity contribution in [2.75, 3.05) is 11.4 Å². The van der Waals surface area contributed by atoms with Gasteiger partial charge in [0.1, 0.15) is 23.3 Å². The van der Waals surface area contributed by atoms with Crippen molar-refractivity contribution in [3.63, 3.8) is 0 Å². The average Bonchev–Trinajstić information content (AvgIpc) is 3.12. The minimum absolute atomic E-state index is 0.257. The van der Waals surface area contributed by atoms with Gasteiger partial charge < -0.3 is 14.6 Å². The molecular weight excluding hydrogens is 299 g/mol. The van der Waals surface area contributed by atoms with Crippen LogP contribution in [-0.2, 0) is 16.1 Å². The van der Waals surface area contributed by atoms with Crippen LogP contribution in [0.4, 0.5) is 10.1 Å². The summed E-state index contributed by atoms with van der Waals surface area (Å²) in [5.41, 5.74) is 0.605. The number of rotatable bonds is 4. The van der Waals surface area contributed by atoms with Gasteiger partial charge in [-0.15, -0.1) is 0 Å². The predicted octanol–water partition coefficient (Wildman–Crippen LogP) is 2.40. The number of benzene rings is 1. The summed E-state index contributed by atoms with van der Waals surface area (Å²) in [5.74, 6) is -0.219. The van der Waals surface area contributed by atoms with Gasteiger partial charge in [0.2, 0.25) is 11.8 Å². The third-order valence-corrected chi connectivity index (χ3v) is 3.89. The minimum atomic E-state index is -0.712. The first-order chi connectivity index (χ1) is 11.0. The first kappa shape index (κ1) is 15.3. The summed E-state index contributed by atoms with van der Waals surface area (Å²) in [6.45, 7) is 2.53. The van der Waals surface area contributed by atoms with Crippen LogP contribution < -0.4 is 10.2 Å². The SMILES string of the molecule is Cc1ccc(CNC(=O)[C@H]2CCN(c3ccc(F)cc3)C2=O)o1. The van der Waals surface area contributed by atoms with Crippen LogP contribution in [0.1, 0.15) is 17.9 Å². The zero-order valence-corrected chi connectivity index (χ0v) is 12.7. The molecule has 2 amide bonds. The molecule has 1 aliphatic rings. The maximum atomic E-state index is 13.0. The van der Waals surface area contributed by atoms with E-state index in [1.165, 1.54) is 17.0 Å². The van der Waals surface area contributed by atoms with Crippen LogP contribution in [0.5, 0.6) is 0 Å². The van der Waals surface area contributed by atoms with Gasteiger partial charge in [0.05, 0.1) is 6.54 Å². The summed E-state index contributed by atoms with van der Waals surface area (Å²) in [5, 5.41) is 2.73. The Bertz CT molecular complexity index is 724. The van der Waals surface area contributed by atoms with Crippen LogP contribution >= 0.6 is 0 Å². The molecule has 6 heteroatoms. The third-order valence-electron chi connectivity index (χ3n) is 3.89. The van der Waals surface area contributed by atoms with Gasteiger partial charge in [-0.2, -0.15) is 0 Å². The standard InChI is InChI=1S/C17H17FN2O3/c1-11-2-7-14(23-11)10-19-16(21)15-8-9-20(17(15)22)13-5-3-12(18)4-6-13/h2-7,15H,8-10H2,1H3,(H,19,21)/t15-/m1/s1. The van der Waals surface area contributed by atoms with E-state index in [1.807, 2.05) is 13.0 Å². The molecule has 0 unspecified atom stereocenters. The summed E-state index contributed by atoms with van der Waals surface area (Å²) in [6, 6.07) is 9.29. The Morgan fingerprint density at radius 2 is 2.04 bits per heavy atom. The van der Waals surface area contributed by atoms with Gasteiger partial charge in [0, 0.05) is 12.2 Å². The van der Waals surface area contributed by atoms with Crippen molar-refractivity contribution in [2.24, 2.45) is 5.92 Å². The molecular formula is C17H17FN2O3. The van der Waals surface area contributed by atoms with Gasteiger partial charge in [-0.25, -0.2) is 4.39 Å². The summed E-state index contributed by atoms with van der Waals surface area (Å²) in [6.07, 6.45) is 0.444. The molecule has 0 radical (unpaired) electrons. The molecule has 1 N–H and O–H groups in total. The molecule has 0 aliphatic carbocycles.